The molecular weight excluding hydrogens is 288 g/mol. The fourth-order valence-corrected chi connectivity index (χ4v) is 3.00. The van der Waals surface area contributed by atoms with E-state index in [0.29, 0.717) is 26.2 Å². The van der Waals surface area contributed by atoms with E-state index in [1.807, 2.05) is 65.6 Å². The minimum absolute atomic E-state index is 0.105. The average molecular weight is 308 g/mol. The molecule has 1 aliphatic heterocycles. The van der Waals surface area contributed by atoms with Crippen LogP contribution in [0.15, 0.2) is 60.7 Å². The fourth-order valence-electron chi connectivity index (χ4n) is 3.00. The number of amides is 2. The summed E-state index contributed by atoms with van der Waals surface area (Å²) in [4.78, 5) is 27.5. The smallest absolute Gasteiger partial charge is 0.234 e. The first-order valence-electron chi connectivity index (χ1n) is 7.87. The zero-order valence-electron chi connectivity index (χ0n) is 13.0. The zero-order valence-corrected chi connectivity index (χ0v) is 13.0. The van der Waals surface area contributed by atoms with Gasteiger partial charge in [-0.3, -0.25) is 9.59 Å². The van der Waals surface area contributed by atoms with Crippen LogP contribution in [0.1, 0.15) is 17.0 Å². The molecule has 1 fully saturated rings. The minimum Gasteiger partial charge on any atom is -0.342 e. The zero-order chi connectivity index (χ0) is 16.1. The van der Waals surface area contributed by atoms with E-state index < -0.39 is 0 Å². The summed E-state index contributed by atoms with van der Waals surface area (Å²) in [6, 6.07) is 19.7. The topological polar surface area (TPSA) is 40.6 Å². The van der Waals surface area contributed by atoms with Gasteiger partial charge in [0, 0.05) is 26.2 Å². The Morgan fingerprint density at radius 1 is 0.826 bits per heavy atom. The lowest BCUT2D eigenvalue weighted by molar-refractivity contribution is -0.135. The van der Waals surface area contributed by atoms with Gasteiger partial charge >= 0.3 is 0 Å². The van der Waals surface area contributed by atoms with E-state index in [-0.39, 0.29) is 11.8 Å². The van der Waals surface area contributed by atoms with Gasteiger partial charge < -0.3 is 9.80 Å². The van der Waals surface area contributed by atoms with Crippen LogP contribution in [0.3, 0.4) is 0 Å². The molecule has 0 aromatic heterocycles. The molecule has 1 heterocycles. The number of carbonyl (C=O) groups is 2. The van der Waals surface area contributed by atoms with Crippen LogP contribution in [0.2, 0.25) is 0 Å². The largest absolute Gasteiger partial charge is 0.342 e. The van der Waals surface area contributed by atoms with Crippen LogP contribution in [0, 0.1) is 0 Å². The molecule has 0 bridgehead atoms. The van der Waals surface area contributed by atoms with E-state index in [4.69, 9.17) is 0 Å². The molecule has 0 spiro atoms. The molecule has 4 heteroatoms. The van der Waals surface area contributed by atoms with Crippen LogP contribution in [-0.2, 0) is 9.59 Å². The normalized spacial score (nSPS) is 14.8. The van der Waals surface area contributed by atoms with Crippen molar-refractivity contribution in [1.82, 2.24) is 9.80 Å². The number of nitrogens with zero attached hydrogens (tertiary/aromatic N) is 2. The molecule has 23 heavy (non-hydrogen) atoms. The molecule has 118 valence electrons. The number of carbonyl (C=O) groups excluding carboxylic acids is 2. The molecule has 0 saturated carbocycles. The van der Waals surface area contributed by atoms with Crippen molar-refractivity contribution >= 4 is 12.3 Å². The molecule has 1 aliphatic rings. The van der Waals surface area contributed by atoms with Crippen LogP contribution in [-0.4, -0.2) is 48.3 Å². The molecule has 0 unspecified atom stereocenters. The maximum Gasteiger partial charge on any atom is 0.234 e. The molecule has 2 aromatic carbocycles. The molecule has 1 saturated heterocycles. The third-order valence-electron chi connectivity index (χ3n) is 4.29. The summed E-state index contributed by atoms with van der Waals surface area (Å²) in [6.45, 7) is 2.39. The number of rotatable bonds is 4. The lowest BCUT2D eigenvalue weighted by Gasteiger charge is -2.35. The molecular formula is C19H20N2O2. The highest BCUT2D eigenvalue weighted by atomic mass is 16.2. The summed E-state index contributed by atoms with van der Waals surface area (Å²) in [7, 11) is 0. The van der Waals surface area contributed by atoms with Crippen LogP contribution in [0.5, 0.6) is 0 Å². The monoisotopic (exact) mass is 308 g/mol. The van der Waals surface area contributed by atoms with Gasteiger partial charge in [0.2, 0.25) is 12.3 Å². The van der Waals surface area contributed by atoms with Gasteiger partial charge in [-0.15, -0.1) is 0 Å². The minimum atomic E-state index is -0.291. The van der Waals surface area contributed by atoms with E-state index in [2.05, 4.69) is 0 Å². The fraction of sp³-hybridized carbons (Fsp3) is 0.263. The predicted octanol–water partition coefficient (Wildman–Crippen LogP) is 2.12. The van der Waals surface area contributed by atoms with Gasteiger partial charge in [-0.1, -0.05) is 60.7 Å². The van der Waals surface area contributed by atoms with Crippen molar-refractivity contribution in [3.63, 3.8) is 0 Å². The van der Waals surface area contributed by atoms with Gasteiger partial charge in [0.25, 0.3) is 0 Å². The molecule has 0 atom stereocenters. The Morgan fingerprint density at radius 3 is 1.74 bits per heavy atom. The summed E-state index contributed by atoms with van der Waals surface area (Å²) in [5.74, 6) is -0.187. The van der Waals surface area contributed by atoms with Gasteiger partial charge in [0.05, 0.1) is 5.92 Å². The second-order valence-corrected chi connectivity index (χ2v) is 5.72. The van der Waals surface area contributed by atoms with Crippen molar-refractivity contribution in [3.05, 3.63) is 71.8 Å². The Hall–Kier alpha value is -2.62. The summed E-state index contributed by atoms with van der Waals surface area (Å²) in [5, 5.41) is 0. The van der Waals surface area contributed by atoms with Crippen molar-refractivity contribution in [2.24, 2.45) is 0 Å². The van der Waals surface area contributed by atoms with Crippen LogP contribution in [0.25, 0.3) is 0 Å². The SMILES string of the molecule is O=CN1CCN(C(=O)C(c2ccccc2)c2ccccc2)CC1. The maximum absolute atomic E-state index is 13.1. The van der Waals surface area contributed by atoms with Crippen molar-refractivity contribution in [2.45, 2.75) is 5.92 Å². The van der Waals surface area contributed by atoms with E-state index in [9.17, 15) is 9.59 Å². The highest BCUT2D eigenvalue weighted by molar-refractivity contribution is 5.87. The number of benzene rings is 2. The van der Waals surface area contributed by atoms with Gasteiger partial charge in [0.15, 0.2) is 0 Å². The summed E-state index contributed by atoms with van der Waals surface area (Å²) < 4.78 is 0. The van der Waals surface area contributed by atoms with Crippen LogP contribution < -0.4 is 0 Å². The second-order valence-electron chi connectivity index (χ2n) is 5.72. The molecule has 3 rings (SSSR count). The molecule has 2 amide bonds. The Balaban J connectivity index is 1.87. The molecule has 0 N–H and O–H groups in total. The third-order valence-corrected chi connectivity index (χ3v) is 4.29. The maximum atomic E-state index is 13.1. The number of piperazine rings is 1. The standard InChI is InChI=1S/C19H20N2O2/c22-15-20-11-13-21(14-12-20)19(23)18(16-7-3-1-4-8-16)17-9-5-2-6-10-17/h1-10,15,18H,11-14H2. The lowest BCUT2D eigenvalue weighted by Crippen LogP contribution is -2.49. The summed E-state index contributed by atoms with van der Waals surface area (Å²) in [6.07, 6.45) is 0.855. The van der Waals surface area contributed by atoms with E-state index in [1.165, 1.54) is 0 Å². The molecule has 2 aromatic rings. The number of hydrogen-bond acceptors (Lipinski definition) is 2. The van der Waals surface area contributed by atoms with Gasteiger partial charge in [0.1, 0.15) is 0 Å². The van der Waals surface area contributed by atoms with E-state index in [1.54, 1.807) is 4.90 Å². The lowest BCUT2D eigenvalue weighted by atomic mass is 9.90. The Kier molecular flexibility index (Phi) is 4.71. The first-order valence-corrected chi connectivity index (χ1v) is 7.87. The van der Waals surface area contributed by atoms with E-state index in [0.717, 1.165) is 17.5 Å². The van der Waals surface area contributed by atoms with Crippen molar-refractivity contribution in [3.8, 4) is 0 Å². The summed E-state index contributed by atoms with van der Waals surface area (Å²) >= 11 is 0. The van der Waals surface area contributed by atoms with Crippen molar-refractivity contribution < 1.29 is 9.59 Å². The van der Waals surface area contributed by atoms with Gasteiger partial charge in [-0.05, 0) is 11.1 Å². The summed E-state index contributed by atoms with van der Waals surface area (Å²) in [5.41, 5.74) is 2.00. The predicted molar refractivity (Wildman–Crippen MR) is 88.9 cm³/mol. The first-order chi connectivity index (χ1) is 11.3. The van der Waals surface area contributed by atoms with Crippen LogP contribution in [0.4, 0.5) is 0 Å². The third kappa shape index (κ3) is 3.42. The molecule has 4 nitrogen and oxygen atoms in total. The van der Waals surface area contributed by atoms with Crippen molar-refractivity contribution in [1.29, 1.82) is 0 Å². The first kappa shape index (κ1) is 15.3. The van der Waals surface area contributed by atoms with Crippen LogP contribution >= 0.6 is 0 Å². The Labute approximate surface area is 136 Å². The van der Waals surface area contributed by atoms with Crippen molar-refractivity contribution in [2.75, 3.05) is 26.2 Å². The molecule has 0 aliphatic carbocycles. The quantitative estimate of drug-likeness (QED) is 0.812. The average Bonchev–Trinajstić information content (AvgIpc) is 2.64. The Morgan fingerprint density at radius 2 is 1.30 bits per heavy atom. The van der Waals surface area contributed by atoms with Gasteiger partial charge in [-0.25, -0.2) is 0 Å². The number of hydrogen-bond donors (Lipinski definition) is 0. The van der Waals surface area contributed by atoms with E-state index >= 15 is 0 Å². The highest BCUT2D eigenvalue weighted by Gasteiger charge is 2.29. The Bertz CT molecular complexity index is 610. The highest BCUT2D eigenvalue weighted by Crippen LogP contribution is 2.27. The molecule has 0 radical (unpaired) electrons. The van der Waals surface area contributed by atoms with Gasteiger partial charge in [-0.2, -0.15) is 0 Å². The second kappa shape index (κ2) is 7.09.